The molecule has 104 valence electrons. The third-order valence-corrected chi connectivity index (χ3v) is 3.49. The van der Waals surface area contributed by atoms with Crippen molar-refractivity contribution < 1.29 is 10.0 Å². The number of nitrogen functional groups attached to an aromatic ring is 1. The zero-order valence-electron chi connectivity index (χ0n) is 10.8. The van der Waals surface area contributed by atoms with Crippen LogP contribution in [-0.4, -0.2) is 28.7 Å². The molecule has 1 aliphatic rings. The van der Waals surface area contributed by atoms with Gasteiger partial charge in [-0.1, -0.05) is 0 Å². The summed E-state index contributed by atoms with van der Waals surface area (Å²) in [5.74, 6) is 5.33. The van der Waals surface area contributed by atoms with Crippen LogP contribution in [0.15, 0.2) is 18.2 Å². The van der Waals surface area contributed by atoms with E-state index in [1.807, 2.05) is 11.8 Å². The number of non-ortho nitro benzene ring substituents is 1. The number of nitrogens with zero attached hydrogens (tertiary/aromatic N) is 2. The van der Waals surface area contributed by atoms with E-state index in [4.69, 9.17) is 5.84 Å². The molecule has 0 bridgehead atoms. The molecule has 0 amide bonds. The standard InChI is InChI=1S/C12H18N4O3/c1-12(17)2-4-15(5-3-12)10-6-9(14-13)7-11(8-10)16(18)19/h6-8,14,17H,2-5,13H2,1H3. The van der Waals surface area contributed by atoms with E-state index in [0.29, 0.717) is 31.6 Å². The average molecular weight is 266 g/mol. The van der Waals surface area contributed by atoms with Gasteiger partial charge in [-0.3, -0.25) is 16.0 Å². The van der Waals surface area contributed by atoms with Crippen LogP contribution in [0.1, 0.15) is 19.8 Å². The Balaban J connectivity index is 2.24. The third-order valence-electron chi connectivity index (χ3n) is 3.49. The summed E-state index contributed by atoms with van der Waals surface area (Å²) in [7, 11) is 0. The average Bonchev–Trinajstić information content (AvgIpc) is 2.38. The highest BCUT2D eigenvalue weighted by molar-refractivity contribution is 5.64. The SMILES string of the molecule is CC1(O)CCN(c2cc(NN)cc([N+](=O)[O-])c2)CC1. The Labute approximate surface area is 111 Å². The van der Waals surface area contributed by atoms with Gasteiger partial charge in [0.05, 0.1) is 16.2 Å². The predicted octanol–water partition coefficient (Wildman–Crippen LogP) is 1.23. The van der Waals surface area contributed by atoms with E-state index in [-0.39, 0.29) is 5.69 Å². The van der Waals surface area contributed by atoms with Crippen LogP contribution in [0.25, 0.3) is 0 Å². The van der Waals surface area contributed by atoms with Crippen molar-refractivity contribution in [2.75, 3.05) is 23.4 Å². The van der Waals surface area contributed by atoms with E-state index in [9.17, 15) is 15.2 Å². The Hall–Kier alpha value is -1.86. The van der Waals surface area contributed by atoms with E-state index in [0.717, 1.165) is 5.69 Å². The molecule has 0 unspecified atom stereocenters. The Bertz CT molecular complexity index is 480. The van der Waals surface area contributed by atoms with Crippen molar-refractivity contribution >= 4 is 17.1 Å². The quantitative estimate of drug-likeness (QED) is 0.432. The number of hydrogen-bond donors (Lipinski definition) is 3. The molecule has 0 atom stereocenters. The van der Waals surface area contributed by atoms with Gasteiger partial charge in [-0.15, -0.1) is 0 Å². The van der Waals surface area contributed by atoms with Gasteiger partial charge in [-0.25, -0.2) is 0 Å². The monoisotopic (exact) mass is 266 g/mol. The maximum atomic E-state index is 10.9. The molecule has 7 nitrogen and oxygen atoms in total. The molecule has 1 aromatic carbocycles. The molecule has 19 heavy (non-hydrogen) atoms. The Kier molecular flexibility index (Phi) is 3.59. The number of nitro benzene ring substituents is 1. The van der Waals surface area contributed by atoms with Gasteiger partial charge >= 0.3 is 0 Å². The van der Waals surface area contributed by atoms with Gasteiger partial charge in [-0.05, 0) is 25.8 Å². The van der Waals surface area contributed by atoms with Crippen molar-refractivity contribution in [1.82, 2.24) is 0 Å². The fourth-order valence-corrected chi connectivity index (χ4v) is 2.21. The lowest BCUT2D eigenvalue weighted by Crippen LogP contribution is -2.42. The summed E-state index contributed by atoms with van der Waals surface area (Å²) in [6.07, 6.45) is 1.28. The van der Waals surface area contributed by atoms with Crippen molar-refractivity contribution in [1.29, 1.82) is 0 Å². The molecule has 0 radical (unpaired) electrons. The lowest BCUT2D eigenvalue weighted by molar-refractivity contribution is -0.384. The summed E-state index contributed by atoms with van der Waals surface area (Å²) in [5, 5.41) is 20.8. The van der Waals surface area contributed by atoms with Gasteiger partial charge in [0.15, 0.2) is 0 Å². The molecule has 1 aliphatic heterocycles. The number of hydrogen-bond acceptors (Lipinski definition) is 6. The first-order valence-electron chi connectivity index (χ1n) is 6.15. The first kappa shape index (κ1) is 13.6. The Morgan fingerprint density at radius 2 is 2.05 bits per heavy atom. The highest BCUT2D eigenvalue weighted by Gasteiger charge is 2.28. The molecule has 7 heteroatoms. The summed E-state index contributed by atoms with van der Waals surface area (Å²) in [6, 6.07) is 4.69. The number of anilines is 2. The predicted molar refractivity (Wildman–Crippen MR) is 73.0 cm³/mol. The number of nitro groups is 1. The number of aliphatic hydroxyl groups is 1. The van der Waals surface area contributed by atoms with E-state index in [1.165, 1.54) is 12.1 Å². The second-order valence-electron chi connectivity index (χ2n) is 5.12. The van der Waals surface area contributed by atoms with Crippen LogP contribution in [0.3, 0.4) is 0 Å². The van der Waals surface area contributed by atoms with E-state index in [2.05, 4.69) is 5.43 Å². The minimum atomic E-state index is -0.647. The van der Waals surface area contributed by atoms with Crippen LogP contribution < -0.4 is 16.2 Å². The number of nitrogens with two attached hydrogens (primary N) is 1. The normalized spacial score (nSPS) is 18.2. The molecular formula is C12H18N4O3. The van der Waals surface area contributed by atoms with Crippen molar-refractivity contribution in [2.24, 2.45) is 5.84 Å². The first-order valence-corrected chi connectivity index (χ1v) is 6.15. The highest BCUT2D eigenvalue weighted by atomic mass is 16.6. The molecule has 1 fully saturated rings. The van der Waals surface area contributed by atoms with Gasteiger partial charge in [0.2, 0.25) is 0 Å². The highest BCUT2D eigenvalue weighted by Crippen LogP contribution is 2.30. The largest absolute Gasteiger partial charge is 0.390 e. The zero-order valence-corrected chi connectivity index (χ0v) is 10.8. The number of hydrazine groups is 1. The van der Waals surface area contributed by atoms with Gasteiger partial charge in [-0.2, -0.15) is 0 Å². The van der Waals surface area contributed by atoms with Gasteiger partial charge < -0.3 is 15.4 Å². The van der Waals surface area contributed by atoms with Crippen LogP contribution in [0.5, 0.6) is 0 Å². The van der Waals surface area contributed by atoms with Gasteiger partial charge in [0.25, 0.3) is 5.69 Å². The second kappa shape index (κ2) is 5.02. The summed E-state index contributed by atoms with van der Waals surface area (Å²) in [6.45, 7) is 3.14. The van der Waals surface area contributed by atoms with Crippen molar-refractivity contribution in [3.63, 3.8) is 0 Å². The van der Waals surface area contributed by atoms with Crippen LogP contribution in [0.4, 0.5) is 17.1 Å². The van der Waals surface area contributed by atoms with Crippen LogP contribution in [-0.2, 0) is 0 Å². The first-order chi connectivity index (χ1) is 8.91. The third kappa shape index (κ3) is 3.12. The van der Waals surface area contributed by atoms with Crippen LogP contribution in [0, 0.1) is 10.1 Å². The molecule has 0 spiro atoms. The molecule has 1 saturated heterocycles. The maximum absolute atomic E-state index is 10.9. The topological polar surface area (TPSA) is 105 Å². The van der Waals surface area contributed by atoms with Crippen molar-refractivity contribution in [3.8, 4) is 0 Å². The van der Waals surface area contributed by atoms with E-state index >= 15 is 0 Å². The van der Waals surface area contributed by atoms with Gasteiger partial charge in [0.1, 0.15) is 0 Å². The number of rotatable bonds is 3. The molecule has 2 rings (SSSR count). The van der Waals surface area contributed by atoms with E-state index in [1.54, 1.807) is 6.07 Å². The molecule has 0 aromatic heterocycles. The maximum Gasteiger partial charge on any atom is 0.273 e. The smallest absolute Gasteiger partial charge is 0.273 e. The van der Waals surface area contributed by atoms with Crippen LogP contribution >= 0.6 is 0 Å². The molecule has 0 saturated carbocycles. The summed E-state index contributed by atoms with van der Waals surface area (Å²) < 4.78 is 0. The van der Waals surface area contributed by atoms with Crippen molar-refractivity contribution in [2.45, 2.75) is 25.4 Å². The summed E-state index contributed by atoms with van der Waals surface area (Å²) in [5.41, 5.74) is 3.04. The molecule has 0 aliphatic carbocycles. The number of piperidine rings is 1. The molecule has 4 N–H and O–H groups in total. The number of nitrogens with one attached hydrogen (secondary N) is 1. The second-order valence-corrected chi connectivity index (χ2v) is 5.12. The lowest BCUT2D eigenvalue weighted by atomic mass is 9.93. The Morgan fingerprint density at radius 3 is 2.58 bits per heavy atom. The lowest BCUT2D eigenvalue weighted by Gasteiger charge is -2.37. The minimum absolute atomic E-state index is 0.00258. The fourth-order valence-electron chi connectivity index (χ4n) is 2.21. The van der Waals surface area contributed by atoms with E-state index < -0.39 is 10.5 Å². The van der Waals surface area contributed by atoms with Gasteiger partial charge in [0, 0.05) is 30.9 Å². The molecular weight excluding hydrogens is 248 g/mol. The Morgan fingerprint density at radius 1 is 1.42 bits per heavy atom. The van der Waals surface area contributed by atoms with Crippen LogP contribution in [0.2, 0.25) is 0 Å². The minimum Gasteiger partial charge on any atom is -0.390 e. The summed E-state index contributed by atoms with van der Waals surface area (Å²) in [4.78, 5) is 12.5. The molecule has 1 aromatic rings. The number of benzene rings is 1. The zero-order chi connectivity index (χ0) is 14.0. The summed E-state index contributed by atoms with van der Waals surface area (Å²) >= 11 is 0. The fraction of sp³-hybridized carbons (Fsp3) is 0.500. The molecule has 1 heterocycles. The van der Waals surface area contributed by atoms with Crippen molar-refractivity contribution in [3.05, 3.63) is 28.3 Å².